The molecular formula is C19H21FN4O2. The van der Waals surface area contributed by atoms with Gasteiger partial charge in [0.15, 0.2) is 5.78 Å². The predicted molar refractivity (Wildman–Crippen MR) is 94.4 cm³/mol. The van der Waals surface area contributed by atoms with E-state index in [1.165, 1.54) is 18.4 Å². The molecule has 3 aromatic rings. The van der Waals surface area contributed by atoms with Gasteiger partial charge in [0.25, 0.3) is 0 Å². The molecule has 2 aromatic heterocycles. The number of ketones is 1. The molecule has 0 aliphatic carbocycles. The lowest BCUT2D eigenvalue weighted by molar-refractivity contribution is 0.0970. The van der Waals surface area contributed by atoms with E-state index in [1.807, 2.05) is 6.20 Å². The number of rotatable bonds is 9. The van der Waals surface area contributed by atoms with E-state index in [0.717, 1.165) is 36.9 Å². The highest BCUT2D eigenvalue weighted by molar-refractivity contribution is 5.93. The summed E-state index contributed by atoms with van der Waals surface area (Å²) in [5.41, 5.74) is 8.34. The zero-order chi connectivity index (χ0) is 18.4. The van der Waals surface area contributed by atoms with E-state index in [1.54, 1.807) is 29.1 Å². The third kappa shape index (κ3) is 4.64. The number of carbonyl (C=O) groups excluding carboxylic acids is 1. The normalized spacial score (nSPS) is 12.2. The number of halogens is 1. The minimum atomic E-state index is -0.278. The van der Waals surface area contributed by atoms with Crippen molar-refractivity contribution in [3.05, 3.63) is 66.1 Å². The Bertz CT molecular complexity index is 828. The first-order valence-corrected chi connectivity index (χ1v) is 8.63. The third-order valence-corrected chi connectivity index (χ3v) is 4.26. The molecule has 6 nitrogen and oxygen atoms in total. The van der Waals surface area contributed by atoms with Crippen molar-refractivity contribution < 1.29 is 13.7 Å². The Morgan fingerprint density at radius 1 is 1.19 bits per heavy atom. The summed E-state index contributed by atoms with van der Waals surface area (Å²) >= 11 is 0. The zero-order valence-electron chi connectivity index (χ0n) is 14.3. The summed E-state index contributed by atoms with van der Waals surface area (Å²) < 4.78 is 19.3. The number of aromatic nitrogens is 3. The number of hydrogen-bond acceptors (Lipinski definition) is 5. The molecular weight excluding hydrogens is 335 g/mol. The number of benzene rings is 1. The van der Waals surface area contributed by atoms with E-state index in [9.17, 15) is 9.18 Å². The number of Topliss-reactive ketones (excluding diaryl/α,β-unsaturated/α-hetero) is 1. The Labute approximate surface area is 150 Å². The monoisotopic (exact) mass is 356 g/mol. The Balaban J connectivity index is 1.42. The highest BCUT2D eigenvalue weighted by Crippen LogP contribution is 2.19. The summed E-state index contributed by atoms with van der Waals surface area (Å²) in [6, 6.07) is 7.60. The maximum atomic E-state index is 13.0. The van der Waals surface area contributed by atoms with Gasteiger partial charge in [-0.3, -0.25) is 4.79 Å². The topological polar surface area (TPSA) is 86.9 Å². The van der Waals surface area contributed by atoms with Crippen molar-refractivity contribution in [2.45, 2.75) is 38.1 Å². The summed E-state index contributed by atoms with van der Waals surface area (Å²) in [4.78, 5) is 11.8. The second-order valence-corrected chi connectivity index (χ2v) is 6.21. The summed E-state index contributed by atoms with van der Waals surface area (Å²) in [6.07, 6.45) is 8.93. The first-order chi connectivity index (χ1) is 12.6. The van der Waals surface area contributed by atoms with E-state index in [-0.39, 0.29) is 17.6 Å². The molecule has 0 saturated carbocycles. The zero-order valence-corrected chi connectivity index (χ0v) is 14.3. The van der Waals surface area contributed by atoms with Gasteiger partial charge in [-0.2, -0.15) is 5.10 Å². The molecule has 1 aromatic carbocycles. The number of carbonyl (C=O) groups is 1. The van der Waals surface area contributed by atoms with Crippen molar-refractivity contribution in [2.24, 2.45) is 5.73 Å². The molecule has 1 unspecified atom stereocenters. The average molecular weight is 356 g/mol. The molecule has 1 atom stereocenters. The minimum Gasteiger partial charge on any atom is -0.364 e. The fourth-order valence-electron chi connectivity index (χ4n) is 2.74. The van der Waals surface area contributed by atoms with Gasteiger partial charge in [-0.05, 0) is 37.1 Å². The largest absolute Gasteiger partial charge is 0.364 e. The first kappa shape index (κ1) is 18.0. The van der Waals surface area contributed by atoms with Gasteiger partial charge in [0.05, 0.1) is 11.9 Å². The fourth-order valence-corrected chi connectivity index (χ4v) is 2.74. The van der Waals surface area contributed by atoms with Gasteiger partial charge in [0.2, 0.25) is 0 Å². The van der Waals surface area contributed by atoms with Crippen LogP contribution in [0.5, 0.6) is 0 Å². The smallest absolute Gasteiger partial charge is 0.184 e. The summed E-state index contributed by atoms with van der Waals surface area (Å²) in [5.74, 6) is -0.275. The molecule has 2 N–H and O–H groups in total. The van der Waals surface area contributed by atoms with Gasteiger partial charge >= 0.3 is 0 Å². The van der Waals surface area contributed by atoms with Crippen LogP contribution in [-0.4, -0.2) is 20.7 Å². The maximum Gasteiger partial charge on any atom is 0.184 e. The van der Waals surface area contributed by atoms with Crippen LogP contribution >= 0.6 is 0 Å². The molecule has 0 spiro atoms. The average Bonchev–Trinajstić information content (AvgIpc) is 3.34. The van der Waals surface area contributed by atoms with Crippen LogP contribution in [0.1, 0.15) is 54.2 Å². The molecule has 0 fully saturated rings. The Morgan fingerprint density at radius 3 is 2.73 bits per heavy atom. The number of unbranched alkanes of at least 4 members (excludes halogenated alkanes) is 2. The van der Waals surface area contributed by atoms with Crippen molar-refractivity contribution in [3.8, 4) is 5.69 Å². The number of hydrogen-bond donors (Lipinski definition) is 1. The lowest BCUT2D eigenvalue weighted by atomic mass is 10.0. The molecule has 0 aliphatic heterocycles. The van der Waals surface area contributed by atoms with Crippen molar-refractivity contribution in [1.82, 2.24) is 14.9 Å². The van der Waals surface area contributed by atoms with Crippen LogP contribution in [-0.2, 0) is 0 Å². The van der Waals surface area contributed by atoms with Crippen LogP contribution in [0.3, 0.4) is 0 Å². The van der Waals surface area contributed by atoms with Crippen LogP contribution in [0.4, 0.5) is 4.39 Å². The van der Waals surface area contributed by atoms with E-state index in [4.69, 9.17) is 5.73 Å². The molecule has 3 rings (SSSR count). The third-order valence-electron chi connectivity index (χ3n) is 4.26. The molecule has 0 saturated heterocycles. The van der Waals surface area contributed by atoms with E-state index < -0.39 is 0 Å². The highest BCUT2D eigenvalue weighted by Gasteiger charge is 2.11. The second-order valence-electron chi connectivity index (χ2n) is 6.21. The summed E-state index contributed by atoms with van der Waals surface area (Å²) in [5, 5.41) is 7.93. The Kier molecular flexibility index (Phi) is 5.91. The first-order valence-electron chi connectivity index (χ1n) is 8.63. The van der Waals surface area contributed by atoms with Gasteiger partial charge < -0.3 is 10.3 Å². The minimum absolute atomic E-state index is 0.00335. The van der Waals surface area contributed by atoms with Gasteiger partial charge in [0.1, 0.15) is 17.8 Å². The standard InChI is InChI=1S/C19H21FN4O2/c20-15-6-8-16(9-7-15)24-13-14(12-22-24)17(21)4-2-1-3-5-19(25)18-10-11-26-23-18/h6-13,17H,1-5,21H2. The van der Waals surface area contributed by atoms with Gasteiger partial charge in [-0.25, -0.2) is 9.07 Å². The molecule has 0 bridgehead atoms. The summed E-state index contributed by atoms with van der Waals surface area (Å²) in [7, 11) is 0. The molecule has 26 heavy (non-hydrogen) atoms. The quantitative estimate of drug-likeness (QED) is 0.465. The van der Waals surface area contributed by atoms with Crippen LogP contribution in [0, 0.1) is 5.82 Å². The van der Waals surface area contributed by atoms with Gasteiger partial charge in [-0.15, -0.1) is 0 Å². The lowest BCUT2D eigenvalue weighted by Gasteiger charge is -2.08. The Hall–Kier alpha value is -2.80. The molecule has 0 radical (unpaired) electrons. The van der Waals surface area contributed by atoms with Crippen LogP contribution < -0.4 is 5.73 Å². The van der Waals surface area contributed by atoms with E-state index >= 15 is 0 Å². The van der Waals surface area contributed by atoms with Crippen molar-refractivity contribution >= 4 is 5.78 Å². The van der Waals surface area contributed by atoms with Gasteiger partial charge in [-0.1, -0.05) is 18.0 Å². The van der Waals surface area contributed by atoms with E-state index in [2.05, 4.69) is 14.8 Å². The highest BCUT2D eigenvalue weighted by atomic mass is 19.1. The Morgan fingerprint density at radius 2 is 2.00 bits per heavy atom. The molecule has 0 aliphatic rings. The van der Waals surface area contributed by atoms with Crippen molar-refractivity contribution in [3.63, 3.8) is 0 Å². The number of nitrogens with two attached hydrogens (primary N) is 1. The second kappa shape index (κ2) is 8.53. The predicted octanol–water partition coefficient (Wildman–Crippen LogP) is 3.83. The molecule has 7 heteroatoms. The number of nitrogens with zero attached hydrogens (tertiary/aromatic N) is 3. The van der Waals surface area contributed by atoms with E-state index in [0.29, 0.717) is 12.1 Å². The van der Waals surface area contributed by atoms with Gasteiger partial charge in [0, 0.05) is 30.3 Å². The van der Waals surface area contributed by atoms with Crippen LogP contribution in [0.2, 0.25) is 0 Å². The SMILES string of the molecule is NC(CCCCCC(=O)c1ccon1)c1cnn(-c2ccc(F)cc2)c1. The maximum absolute atomic E-state index is 13.0. The molecule has 0 amide bonds. The molecule has 136 valence electrons. The van der Waals surface area contributed by atoms with Crippen molar-refractivity contribution in [1.29, 1.82) is 0 Å². The van der Waals surface area contributed by atoms with Crippen LogP contribution in [0.25, 0.3) is 5.69 Å². The van der Waals surface area contributed by atoms with Crippen molar-refractivity contribution in [2.75, 3.05) is 0 Å². The summed E-state index contributed by atoms with van der Waals surface area (Å²) in [6.45, 7) is 0. The fraction of sp³-hybridized carbons (Fsp3) is 0.316. The molecule has 2 heterocycles. The van der Waals surface area contributed by atoms with Crippen LogP contribution in [0.15, 0.2) is 53.5 Å². The lowest BCUT2D eigenvalue weighted by Crippen LogP contribution is -2.09.